The van der Waals surface area contributed by atoms with Crippen molar-refractivity contribution < 1.29 is 14.3 Å². The molecule has 0 atom stereocenters. The minimum atomic E-state index is -0.194. The number of esters is 1. The predicted octanol–water partition coefficient (Wildman–Crippen LogP) is 3.38. The minimum absolute atomic E-state index is 0.180. The second kappa shape index (κ2) is 8.24. The van der Waals surface area contributed by atoms with Crippen molar-refractivity contribution in [1.82, 2.24) is 10.3 Å². The molecule has 1 amide bonds. The number of hydrogen-bond acceptors (Lipinski definition) is 4. The van der Waals surface area contributed by atoms with Gasteiger partial charge in [-0.3, -0.25) is 9.59 Å². The SMILES string of the molecule is CCOC(=O)CC1(CNC(=O)c2ccc[nH]c2=S)CCCCC1. The van der Waals surface area contributed by atoms with Crippen LogP contribution in [0.25, 0.3) is 0 Å². The number of H-pyrrole nitrogens is 1. The molecular formula is C17H24N2O3S. The Labute approximate surface area is 141 Å². The molecule has 1 fully saturated rings. The number of hydrogen-bond donors (Lipinski definition) is 2. The Morgan fingerprint density at radius 2 is 2.09 bits per heavy atom. The third-order valence-electron chi connectivity index (χ3n) is 4.43. The molecule has 1 heterocycles. The molecule has 1 aliphatic carbocycles. The molecule has 0 aliphatic heterocycles. The molecule has 0 bridgehead atoms. The fourth-order valence-corrected chi connectivity index (χ4v) is 3.43. The average Bonchev–Trinajstić information content (AvgIpc) is 2.54. The molecule has 1 aromatic heterocycles. The van der Waals surface area contributed by atoms with E-state index in [4.69, 9.17) is 17.0 Å². The summed E-state index contributed by atoms with van der Waals surface area (Å²) in [6, 6.07) is 3.45. The lowest BCUT2D eigenvalue weighted by Gasteiger charge is -2.36. The van der Waals surface area contributed by atoms with E-state index in [9.17, 15) is 9.59 Å². The van der Waals surface area contributed by atoms with E-state index in [-0.39, 0.29) is 17.3 Å². The van der Waals surface area contributed by atoms with Crippen LogP contribution in [-0.2, 0) is 9.53 Å². The van der Waals surface area contributed by atoms with Gasteiger partial charge in [-0.2, -0.15) is 0 Å². The van der Waals surface area contributed by atoms with E-state index in [1.807, 2.05) is 6.92 Å². The highest BCUT2D eigenvalue weighted by atomic mass is 32.1. The van der Waals surface area contributed by atoms with Crippen LogP contribution in [0.3, 0.4) is 0 Å². The molecule has 1 aliphatic rings. The quantitative estimate of drug-likeness (QED) is 0.617. The standard InChI is InChI=1S/C17H24N2O3S/c1-2-22-14(20)11-17(8-4-3-5-9-17)12-19-15(21)13-7-6-10-18-16(13)23/h6-7,10H,2-5,8-9,11-12H2,1H3,(H,18,23)(H,19,21). The first-order valence-corrected chi connectivity index (χ1v) is 8.59. The number of carbonyl (C=O) groups excluding carboxylic acids is 2. The van der Waals surface area contributed by atoms with Gasteiger partial charge in [0.25, 0.3) is 5.91 Å². The highest BCUT2D eigenvalue weighted by Crippen LogP contribution is 2.39. The van der Waals surface area contributed by atoms with E-state index >= 15 is 0 Å². The van der Waals surface area contributed by atoms with Crippen LogP contribution < -0.4 is 5.32 Å². The van der Waals surface area contributed by atoms with E-state index in [1.54, 1.807) is 18.3 Å². The monoisotopic (exact) mass is 336 g/mol. The molecule has 6 heteroatoms. The van der Waals surface area contributed by atoms with Crippen LogP contribution in [0.15, 0.2) is 18.3 Å². The Morgan fingerprint density at radius 1 is 1.35 bits per heavy atom. The van der Waals surface area contributed by atoms with Crippen LogP contribution in [0.2, 0.25) is 0 Å². The van der Waals surface area contributed by atoms with Gasteiger partial charge in [0.1, 0.15) is 4.64 Å². The predicted molar refractivity (Wildman–Crippen MR) is 90.7 cm³/mol. The first-order valence-electron chi connectivity index (χ1n) is 8.18. The number of nitrogens with one attached hydrogen (secondary N) is 2. The zero-order chi connectivity index (χ0) is 16.7. The molecule has 0 spiro atoms. The lowest BCUT2D eigenvalue weighted by Crippen LogP contribution is -2.40. The molecule has 126 valence electrons. The fraction of sp³-hybridized carbons (Fsp3) is 0.588. The first kappa shape index (κ1) is 17.7. The largest absolute Gasteiger partial charge is 0.466 e. The van der Waals surface area contributed by atoms with Crippen LogP contribution in [-0.4, -0.2) is 30.0 Å². The number of rotatable bonds is 6. The number of pyridine rings is 1. The van der Waals surface area contributed by atoms with E-state index in [2.05, 4.69) is 10.3 Å². The highest BCUT2D eigenvalue weighted by molar-refractivity contribution is 7.71. The molecule has 5 nitrogen and oxygen atoms in total. The molecule has 2 N–H and O–H groups in total. The number of ether oxygens (including phenoxy) is 1. The van der Waals surface area contributed by atoms with Gasteiger partial charge in [-0.25, -0.2) is 0 Å². The number of aromatic nitrogens is 1. The molecule has 0 saturated heterocycles. The van der Waals surface area contributed by atoms with Gasteiger partial charge in [0, 0.05) is 12.7 Å². The van der Waals surface area contributed by atoms with Crippen molar-refractivity contribution in [3.63, 3.8) is 0 Å². The second-order valence-corrected chi connectivity index (χ2v) is 6.55. The van der Waals surface area contributed by atoms with Gasteiger partial charge in [-0.15, -0.1) is 0 Å². The van der Waals surface area contributed by atoms with Gasteiger partial charge in [0.2, 0.25) is 0 Å². The number of aromatic amines is 1. The maximum absolute atomic E-state index is 12.3. The second-order valence-electron chi connectivity index (χ2n) is 6.14. The van der Waals surface area contributed by atoms with Crippen molar-refractivity contribution in [3.05, 3.63) is 28.5 Å². The zero-order valence-corrected chi connectivity index (χ0v) is 14.3. The highest BCUT2D eigenvalue weighted by Gasteiger charge is 2.35. The van der Waals surface area contributed by atoms with Gasteiger partial charge in [0.15, 0.2) is 0 Å². The summed E-state index contributed by atoms with van der Waals surface area (Å²) in [6.07, 6.45) is 7.29. The van der Waals surface area contributed by atoms with Gasteiger partial charge >= 0.3 is 5.97 Å². The summed E-state index contributed by atoms with van der Waals surface area (Å²) >= 11 is 5.14. The average molecular weight is 336 g/mol. The number of amides is 1. The lowest BCUT2D eigenvalue weighted by atomic mass is 9.71. The van der Waals surface area contributed by atoms with Crippen molar-refractivity contribution in [2.75, 3.05) is 13.2 Å². The Hall–Kier alpha value is -1.69. The van der Waals surface area contributed by atoms with Crippen LogP contribution in [0.4, 0.5) is 0 Å². The molecule has 2 rings (SSSR count). The minimum Gasteiger partial charge on any atom is -0.466 e. The summed E-state index contributed by atoms with van der Waals surface area (Å²) in [5, 5.41) is 2.96. The van der Waals surface area contributed by atoms with Gasteiger partial charge < -0.3 is 15.0 Å². The topological polar surface area (TPSA) is 71.2 Å². The van der Waals surface area contributed by atoms with E-state index in [1.165, 1.54) is 6.42 Å². The molecule has 0 unspecified atom stereocenters. The van der Waals surface area contributed by atoms with Crippen molar-refractivity contribution in [2.24, 2.45) is 5.41 Å². The lowest BCUT2D eigenvalue weighted by molar-refractivity contribution is -0.146. The van der Waals surface area contributed by atoms with Gasteiger partial charge in [-0.1, -0.05) is 31.5 Å². The Balaban J connectivity index is 2.03. The normalized spacial score (nSPS) is 16.6. The Morgan fingerprint density at radius 3 is 2.74 bits per heavy atom. The van der Waals surface area contributed by atoms with Crippen molar-refractivity contribution in [2.45, 2.75) is 45.4 Å². The molecule has 0 radical (unpaired) electrons. The maximum Gasteiger partial charge on any atom is 0.306 e. The third kappa shape index (κ3) is 4.89. The van der Waals surface area contributed by atoms with Gasteiger partial charge in [-0.05, 0) is 37.3 Å². The zero-order valence-electron chi connectivity index (χ0n) is 13.5. The number of carbonyl (C=O) groups is 2. The van der Waals surface area contributed by atoms with E-state index in [0.29, 0.717) is 29.8 Å². The first-order chi connectivity index (χ1) is 11.1. The molecule has 0 aromatic carbocycles. The molecular weight excluding hydrogens is 312 g/mol. The maximum atomic E-state index is 12.3. The summed E-state index contributed by atoms with van der Waals surface area (Å²) in [4.78, 5) is 27.1. The van der Waals surface area contributed by atoms with E-state index < -0.39 is 0 Å². The smallest absolute Gasteiger partial charge is 0.306 e. The summed E-state index contributed by atoms with van der Waals surface area (Å²) in [5.41, 5.74) is 0.268. The summed E-state index contributed by atoms with van der Waals surface area (Å²) in [5.74, 6) is -0.374. The summed E-state index contributed by atoms with van der Waals surface area (Å²) in [6.45, 7) is 2.68. The van der Waals surface area contributed by atoms with E-state index in [0.717, 1.165) is 25.7 Å². The van der Waals surface area contributed by atoms with Crippen LogP contribution in [0.5, 0.6) is 0 Å². The van der Waals surface area contributed by atoms with Gasteiger partial charge in [0.05, 0.1) is 18.6 Å². The third-order valence-corrected chi connectivity index (χ3v) is 4.76. The molecule has 1 saturated carbocycles. The molecule has 23 heavy (non-hydrogen) atoms. The van der Waals surface area contributed by atoms with Crippen molar-refractivity contribution in [3.8, 4) is 0 Å². The van der Waals surface area contributed by atoms with Crippen molar-refractivity contribution in [1.29, 1.82) is 0 Å². The fourth-order valence-electron chi connectivity index (χ4n) is 3.20. The molecule has 1 aromatic rings. The summed E-state index contributed by atoms with van der Waals surface area (Å²) < 4.78 is 5.53. The van der Waals surface area contributed by atoms with Crippen LogP contribution in [0, 0.1) is 10.1 Å². The van der Waals surface area contributed by atoms with Crippen LogP contribution in [0.1, 0.15) is 55.8 Å². The Bertz CT molecular complexity index is 606. The van der Waals surface area contributed by atoms with Crippen LogP contribution >= 0.6 is 12.2 Å². The Kier molecular flexibility index (Phi) is 6.33. The van der Waals surface area contributed by atoms with Crippen molar-refractivity contribution >= 4 is 24.1 Å². The summed E-state index contributed by atoms with van der Waals surface area (Å²) in [7, 11) is 0.